The van der Waals surface area contributed by atoms with Crippen molar-refractivity contribution in [2.75, 3.05) is 19.6 Å². The Balaban J connectivity index is 1.34. The molecule has 5 atom stereocenters. The van der Waals surface area contributed by atoms with Crippen LogP contribution in [-0.4, -0.2) is 80.9 Å². The van der Waals surface area contributed by atoms with Crippen LogP contribution < -0.4 is 5.32 Å². The second-order valence-electron chi connectivity index (χ2n) is 13.0. The van der Waals surface area contributed by atoms with Gasteiger partial charge in [-0.3, -0.25) is 19.4 Å². The fraction of sp³-hybridized carbons (Fsp3) is 0.515. The van der Waals surface area contributed by atoms with Gasteiger partial charge in [-0.15, -0.1) is 0 Å². The van der Waals surface area contributed by atoms with E-state index in [1.807, 2.05) is 11.8 Å². The van der Waals surface area contributed by atoms with Gasteiger partial charge in [0.1, 0.15) is 12.4 Å². The first-order valence-corrected chi connectivity index (χ1v) is 15.5. The largest absolute Gasteiger partial charge is 0.406 e. The van der Waals surface area contributed by atoms with Crippen molar-refractivity contribution >= 4 is 28.5 Å². The van der Waals surface area contributed by atoms with E-state index < -0.39 is 30.5 Å². The number of Topliss-reactive ketones (excluding diaryl/α,β-unsaturated/α-hetero) is 1. The number of hydrogen-bond donors (Lipinski definition) is 1. The SMILES string of the molecule is Cc1c(C(=O)[C@@H]2CCN(C(=O)[C@@H]3NC[C@@H]4C[C@@H]43)[C@H](C)C2)c2ccncc2n1-c1ccc(F)cc1C(=O)N(CC(F)(F)F)C(C)C. The number of nitrogens with one attached hydrogen (secondary N) is 1. The number of alkyl halides is 3. The Labute approximate surface area is 258 Å². The first-order chi connectivity index (χ1) is 21.3. The number of amides is 2. The third-order valence-electron chi connectivity index (χ3n) is 9.72. The lowest BCUT2D eigenvalue weighted by molar-refractivity contribution is -0.143. The van der Waals surface area contributed by atoms with Crippen molar-refractivity contribution < 1.29 is 31.9 Å². The Morgan fingerprint density at radius 2 is 1.91 bits per heavy atom. The van der Waals surface area contributed by atoms with Gasteiger partial charge in [-0.1, -0.05) is 0 Å². The molecule has 0 radical (unpaired) electrons. The predicted molar refractivity (Wildman–Crippen MR) is 160 cm³/mol. The van der Waals surface area contributed by atoms with Gasteiger partial charge in [0.05, 0.1) is 29.0 Å². The minimum absolute atomic E-state index is 0.103. The van der Waals surface area contributed by atoms with E-state index in [0.717, 1.165) is 25.1 Å². The average Bonchev–Trinajstić information content (AvgIpc) is 3.54. The number of halogens is 4. The Kier molecular flexibility index (Phi) is 7.99. The van der Waals surface area contributed by atoms with Crippen LogP contribution in [0.15, 0.2) is 36.7 Å². The van der Waals surface area contributed by atoms with Crippen molar-refractivity contribution in [2.24, 2.45) is 17.8 Å². The monoisotopic (exact) mass is 627 g/mol. The topological polar surface area (TPSA) is 87.5 Å². The maximum atomic E-state index is 14.6. The van der Waals surface area contributed by atoms with Crippen molar-refractivity contribution in [3.05, 3.63) is 59.3 Å². The number of fused-ring (bicyclic) bond motifs is 2. The second-order valence-corrected chi connectivity index (χ2v) is 13.0. The summed E-state index contributed by atoms with van der Waals surface area (Å²) in [5.41, 5.74) is 1.26. The molecule has 0 unspecified atom stereocenters. The molecule has 3 aliphatic rings. The Morgan fingerprint density at radius 1 is 1.16 bits per heavy atom. The van der Waals surface area contributed by atoms with E-state index in [-0.39, 0.29) is 40.9 Å². The zero-order valence-electron chi connectivity index (χ0n) is 25.7. The average molecular weight is 628 g/mol. The highest BCUT2D eigenvalue weighted by atomic mass is 19.4. The fourth-order valence-electron chi connectivity index (χ4n) is 7.33. The van der Waals surface area contributed by atoms with Crippen LogP contribution in [0.4, 0.5) is 17.6 Å². The van der Waals surface area contributed by atoms with Crippen LogP contribution in [0.25, 0.3) is 16.6 Å². The number of aromatic nitrogens is 2. The van der Waals surface area contributed by atoms with Crippen molar-refractivity contribution in [1.29, 1.82) is 0 Å². The Hall–Kier alpha value is -3.80. The quantitative estimate of drug-likeness (QED) is 0.284. The van der Waals surface area contributed by atoms with Gasteiger partial charge in [-0.05, 0) is 89.6 Å². The normalized spacial score (nSPS) is 24.6. The van der Waals surface area contributed by atoms with Crippen molar-refractivity contribution in [2.45, 2.75) is 71.3 Å². The number of ketones is 1. The van der Waals surface area contributed by atoms with Gasteiger partial charge in [-0.25, -0.2) is 4.39 Å². The molecule has 1 aromatic carbocycles. The van der Waals surface area contributed by atoms with E-state index in [2.05, 4.69) is 10.3 Å². The first kappa shape index (κ1) is 31.2. The van der Waals surface area contributed by atoms with E-state index in [9.17, 15) is 31.9 Å². The van der Waals surface area contributed by atoms with Crippen LogP contribution >= 0.6 is 0 Å². The molecule has 8 nitrogen and oxygen atoms in total. The van der Waals surface area contributed by atoms with E-state index >= 15 is 0 Å². The molecular formula is C33H37F4N5O3. The van der Waals surface area contributed by atoms with Crippen LogP contribution in [-0.2, 0) is 4.79 Å². The summed E-state index contributed by atoms with van der Waals surface area (Å²) in [6, 6.07) is 4.02. The van der Waals surface area contributed by atoms with Gasteiger partial charge < -0.3 is 19.7 Å². The smallest absolute Gasteiger partial charge is 0.339 e. The van der Waals surface area contributed by atoms with Crippen molar-refractivity contribution in [3.63, 3.8) is 0 Å². The van der Waals surface area contributed by atoms with Crippen LogP contribution in [0.2, 0.25) is 0 Å². The molecular weight excluding hydrogens is 590 g/mol. The molecule has 3 aromatic rings. The standard InChI is InChI=1S/C33H37F4N5O3/c1-17(2)41(16-33(35,36)37)31(44)25-13-22(34)5-6-26(25)42-19(4)28(23-7-9-38-15-27(23)42)30(43)20-8-10-40(18(3)11-20)32(45)29-24-12-21(24)14-39-29/h5-7,9,13,15,17-18,20-21,24,29,39H,8,10-12,14,16H2,1-4H3/t18-,20-,21+,24+,29-/m1/s1. The fourth-order valence-corrected chi connectivity index (χ4v) is 7.33. The number of carbonyl (C=O) groups excluding carboxylic acids is 3. The van der Waals surface area contributed by atoms with Crippen LogP contribution in [0.3, 0.4) is 0 Å². The molecule has 2 saturated heterocycles. The van der Waals surface area contributed by atoms with Crippen LogP contribution in [0.5, 0.6) is 0 Å². The molecule has 2 amide bonds. The van der Waals surface area contributed by atoms with Crippen LogP contribution in [0, 0.1) is 30.5 Å². The van der Waals surface area contributed by atoms with Gasteiger partial charge in [0.2, 0.25) is 5.91 Å². The molecule has 2 aromatic heterocycles. The molecule has 12 heteroatoms. The predicted octanol–water partition coefficient (Wildman–Crippen LogP) is 5.30. The molecule has 1 saturated carbocycles. The lowest BCUT2D eigenvalue weighted by Gasteiger charge is -2.38. The van der Waals surface area contributed by atoms with Gasteiger partial charge in [0.25, 0.3) is 5.91 Å². The van der Waals surface area contributed by atoms with Gasteiger partial charge in [0.15, 0.2) is 5.78 Å². The molecule has 2 aliphatic heterocycles. The number of carbonyl (C=O) groups is 3. The van der Waals surface area contributed by atoms with Gasteiger partial charge in [-0.2, -0.15) is 13.2 Å². The summed E-state index contributed by atoms with van der Waals surface area (Å²) < 4.78 is 56.5. The molecule has 0 spiro atoms. The van der Waals surface area contributed by atoms with Gasteiger partial charge >= 0.3 is 6.18 Å². The summed E-state index contributed by atoms with van der Waals surface area (Å²) in [7, 11) is 0. The number of piperidine rings is 2. The summed E-state index contributed by atoms with van der Waals surface area (Å²) in [4.78, 5) is 47.9. The van der Waals surface area contributed by atoms with E-state index in [4.69, 9.17) is 0 Å². The number of rotatable bonds is 7. The number of likely N-dealkylation sites (tertiary alicyclic amines) is 1. The molecule has 240 valence electrons. The van der Waals surface area contributed by atoms with Crippen molar-refractivity contribution in [1.82, 2.24) is 24.7 Å². The van der Waals surface area contributed by atoms with Gasteiger partial charge in [0, 0.05) is 47.4 Å². The minimum Gasteiger partial charge on any atom is -0.339 e. The third kappa shape index (κ3) is 5.73. The zero-order chi connectivity index (χ0) is 32.4. The first-order valence-electron chi connectivity index (χ1n) is 15.5. The Morgan fingerprint density at radius 3 is 2.53 bits per heavy atom. The summed E-state index contributed by atoms with van der Waals surface area (Å²) in [6.07, 6.45) is 0.490. The summed E-state index contributed by atoms with van der Waals surface area (Å²) in [5, 5.41) is 3.92. The van der Waals surface area contributed by atoms with E-state index in [1.54, 1.807) is 23.8 Å². The highest BCUT2D eigenvalue weighted by molar-refractivity contribution is 6.11. The molecule has 1 aliphatic carbocycles. The zero-order valence-corrected chi connectivity index (χ0v) is 25.7. The second kappa shape index (κ2) is 11.5. The minimum atomic E-state index is -4.65. The Bertz CT molecular complexity index is 1670. The summed E-state index contributed by atoms with van der Waals surface area (Å²) in [6.45, 7) is 6.45. The lowest BCUT2D eigenvalue weighted by Crippen LogP contribution is -2.52. The highest BCUT2D eigenvalue weighted by Crippen LogP contribution is 2.46. The van der Waals surface area contributed by atoms with E-state index in [1.165, 1.54) is 26.1 Å². The molecule has 0 bridgehead atoms. The number of hydrogen-bond acceptors (Lipinski definition) is 5. The number of nitrogens with zero attached hydrogens (tertiary/aromatic N) is 4. The lowest BCUT2D eigenvalue weighted by atomic mass is 9.84. The molecule has 3 fully saturated rings. The number of benzene rings is 1. The summed E-state index contributed by atoms with van der Waals surface area (Å²) >= 11 is 0. The summed E-state index contributed by atoms with van der Waals surface area (Å²) in [5.74, 6) is -1.12. The maximum absolute atomic E-state index is 14.6. The molecule has 1 N–H and O–H groups in total. The van der Waals surface area contributed by atoms with Crippen molar-refractivity contribution in [3.8, 4) is 5.69 Å². The number of pyridine rings is 1. The van der Waals surface area contributed by atoms with Crippen LogP contribution in [0.1, 0.15) is 66.4 Å². The molecule has 6 rings (SSSR count). The highest BCUT2D eigenvalue weighted by Gasteiger charge is 2.52. The molecule has 4 heterocycles. The third-order valence-corrected chi connectivity index (χ3v) is 9.72. The maximum Gasteiger partial charge on any atom is 0.406 e. The molecule has 45 heavy (non-hydrogen) atoms. The van der Waals surface area contributed by atoms with E-state index in [0.29, 0.717) is 58.3 Å².